The van der Waals surface area contributed by atoms with Crippen molar-refractivity contribution in [2.24, 2.45) is 5.73 Å². The van der Waals surface area contributed by atoms with Crippen LogP contribution in [0.3, 0.4) is 0 Å². The van der Waals surface area contributed by atoms with Gasteiger partial charge in [0.1, 0.15) is 41.4 Å². The highest BCUT2D eigenvalue weighted by Crippen LogP contribution is 2.36. The lowest BCUT2D eigenvalue weighted by Crippen LogP contribution is -2.61. The smallest absolute Gasteiger partial charge is 0.417 e. The number of benzene rings is 2. The monoisotopic (exact) mass is 704 g/mol. The number of carbonyl (C=O) groups excluding carboxylic acids is 3. The fourth-order valence-electron chi connectivity index (χ4n) is 5.71. The zero-order valence-corrected chi connectivity index (χ0v) is 28.4. The molecule has 0 radical (unpaired) electrons. The van der Waals surface area contributed by atoms with Gasteiger partial charge in [0, 0.05) is 6.42 Å². The summed E-state index contributed by atoms with van der Waals surface area (Å²) in [5.41, 5.74) is 12.8. The van der Waals surface area contributed by atoms with Gasteiger partial charge >= 0.3 is 12.1 Å². The predicted octanol–water partition coefficient (Wildman–Crippen LogP) is 1.19. The van der Waals surface area contributed by atoms with Gasteiger partial charge in [0.15, 0.2) is 23.8 Å². The molecule has 0 bridgehead atoms. The predicted molar refractivity (Wildman–Crippen MR) is 181 cm³/mol. The summed E-state index contributed by atoms with van der Waals surface area (Å²) < 4.78 is 18.2. The Kier molecular flexibility index (Phi) is 10.8. The number of fused-ring (bicyclic) bond motifs is 1. The van der Waals surface area contributed by atoms with E-state index in [4.69, 9.17) is 25.7 Å². The number of aromatic nitrogens is 4. The van der Waals surface area contributed by atoms with Crippen molar-refractivity contribution >= 4 is 40.9 Å². The SMILES string of the molecule is COc1ccc(C[C@H](N)C(=O)N(C(=O)OC(C)(C)C)[C@H]2[C@@H](O)[C@H](n3cnc4c(N)ncnc43)O[C@@H]2C(=O)NC(Cc2ccccc2)C(=O)O)cc1. The first-order valence-corrected chi connectivity index (χ1v) is 16.0. The molecule has 0 aliphatic carbocycles. The number of nitrogen functional groups attached to an aromatic ring is 1. The van der Waals surface area contributed by atoms with Crippen LogP contribution in [-0.4, -0.2) is 102 Å². The zero-order valence-electron chi connectivity index (χ0n) is 28.4. The molecule has 7 N–H and O–H groups in total. The number of aliphatic hydroxyl groups is 1. The molecular weight excluding hydrogens is 664 g/mol. The molecule has 1 fully saturated rings. The van der Waals surface area contributed by atoms with Crippen LogP contribution in [0.15, 0.2) is 67.3 Å². The highest BCUT2D eigenvalue weighted by Gasteiger charge is 2.55. The van der Waals surface area contributed by atoms with Gasteiger partial charge in [-0.05, 0) is 50.5 Å². The summed E-state index contributed by atoms with van der Waals surface area (Å²) >= 11 is 0. The molecule has 2 aromatic carbocycles. The molecule has 5 rings (SSSR count). The number of hydrogen-bond acceptors (Lipinski definition) is 13. The number of carbonyl (C=O) groups is 4. The largest absolute Gasteiger partial charge is 0.497 e. The molecule has 270 valence electrons. The van der Waals surface area contributed by atoms with Gasteiger partial charge in [-0.15, -0.1) is 0 Å². The van der Waals surface area contributed by atoms with Crippen molar-refractivity contribution in [2.75, 3.05) is 12.8 Å². The van der Waals surface area contributed by atoms with E-state index in [0.717, 1.165) is 6.33 Å². The minimum Gasteiger partial charge on any atom is -0.497 e. The third kappa shape index (κ3) is 8.22. The minimum atomic E-state index is -1.83. The fourth-order valence-corrected chi connectivity index (χ4v) is 5.71. The van der Waals surface area contributed by atoms with E-state index in [2.05, 4.69) is 20.3 Å². The van der Waals surface area contributed by atoms with Crippen LogP contribution in [0.4, 0.5) is 10.6 Å². The van der Waals surface area contributed by atoms with Crippen molar-refractivity contribution in [3.63, 3.8) is 0 Å². The molecule has 0 saturated carbocycles. The number of amides is 3. The van der Waals surface area contributed by atoms with Crippen LogP contribution in [0.2, 0.25) is 0 Å². The number of anilines is 1. The third-order valence-electron chi connectivity index (χ3n) is 8.11. The van der Waals surface area contributed by atoms with Crippen molar-refractivity contribution in [3.8, 4) is 5.75 Å². The summed E-state index contributed by atoms with van der Waals surface area (Å²) in [4.78, 5) is 67.5. The Bertz CT molecular complexity index is 1880. The quantitative estimate of drug-likeness (QED) is 0.147. The zero-order chi connectivity index (χ0) is 37.0. The van der Waals surface area contributed by atoms with E-state index in [0.29, 0.717) is 21.8 Å². The van der Waals surface area contributed by atoms with E-state index in [1.807, 2.05) is 0 Å². The van der Waals surface area contributed by atoms with Gasteiger partial charge in [-0.2, -0.15) is 0 Å². The van der Waals surface area contributed by atoms with E-state index in [-0.39, 0.29) is 29.8 Å². The first-order chi connectivity index (χ1) is 24.2. The summed E-state index contributed by atoms with van der Waals surface area (Å²) in [5.74, 6) is -2.78. The first-order valence-electron chi connectivity index (χ1n) is 16.0. The molecule has 2 aromatic heterocycles. The Morgan fingerprint density at radius 1 is 1.02 bits per heavy atom. The Balaban J connectivity index is 1.55. The molecule has 6 atom stereocenters. The molecule has 4 aromatic rings. The minimum absolute atomic E-state index is 0.0253. The lowest BCUT2D eigenvalue weighted by atomic mass is 10.00. The number of nitrogens with zero attached hydrogens (tertiary/aromatic N) is 5. The number of ether oxygens (including phenoxy) is 3. The normalized spacial score (nSPS) is 20.0. The molecule has 3 amide bonds. The van der Waals surface area contributed by atoms with Crippen LogP contribution < -0.4 is 21.5 Å². The Hall–Kier alpha value is -5.65. The van der Waals surface area contributed by atoms with Crippen LogP contribution in [0.5, 0.6) is 5.75 Å². The maximum Gasteiger partial charge on any atom is 0.417 e. The summed E-state index contributed by atoms with van der Waals surface area (Å²) in [5, 5.41) is 24.4. The van der Waals surface area contributed by atoms with Crippen molar-refractivity contribution in [1.82, 2.24) is 29.7 Å². The van der Waals surface area contributed by atoms with Crippen LogP contribution >= 0.6 is 0 Å². The number of imidazole rings is 1. The molecule has 1 unspecified atom stereocenters. The van der Waals surface area contributed by atoms with Crippen LogP contribution in [0.1, 0.15) is 38.1 Å². The number of hydrogen-bond donors (Lipinski definition) is 5. The molecule has 3 heterocycles. The van der Waals surface area contributed by atoms with Crippen LogP contribution in [0, 0.1) is 0 Å². The van der Waals surface area contributed by atoms with Crippen molar-refractivity contribution in [3.05, 3.63) is 78.4 Å². The van der Waals surface area contributed by atoms with E-state index in [9.17, 15) is 29.4 Å². The second-order valence-electron chi connectivity index (χ2n) is 12.9. The molecule has 17 nitrogen and oxygen atoms in total. The molecule has 0 spiro atoms. The topological polar surface area (TPSA) is 247 Å². The molecular formula is C34H40N8O9. The summed E-state index contributed by atoms with van der Waals surface area (Å²) in [7, 11) is 1.51. The Morgan fingerprint density at radius 3 is 2.31 bits per heavy atom. The van der Waals surface area contributed by atoms with Gasteiger partial charge < -0.3 is 41.2 Å². The van der Waals surface area contributed by atoms with Crippen molar-refractivity contribution < 1.29 is 43.6 Å². The molecule has 51 heavy (non-hydrogen) atoms. The number of aliphatic carboxylic acids is 1. The van der Waals surface area contributed by atoms with E-state index in [1.54, 1.807) is 75.4 Å². The number of rotatable bonds is 11. The maximum absolute atomic E-state index is 14.2. The number of methoxy groups -OCH3 is 1. The number of nitrogens with one attached hydrogen (secondary N) is 1. The second kappa shape index (κ2) is 15.1. The van der Waals surface area contributed by atoms with E-state index in [1.165, 1.54) is 18.0 Å². The number of carboxylic acid groups (broad SMARTS) is 1. The summed E-state index contributed by atoms with van der Waals surface area (Å²) in [6.07, 6.45) is -4.11. The number of aliphatic hydroxyl groups excluding tert-OH is 1. The molecule has 1 saturated heterocycles. The first kappa shape index (κ1) is 36.6. The fraction of sp³-hybridized carbons (Fsp3) is 0.382. The lowest BCUT2D eigenvalue weighted by Gasteiger charge is -2.34. The van der Waals surface area contributed by atoms with Gasteiger partial charge in [-0.25, -0.2) is 29.4 Å². The molecule has 1 aliphatic rings. The number of nitrogens with two attached hydrogens (primary N) is 2. The van der Waals surface area contributed by atoms with Crippen LogP contribution in [-0.2, 0) is 36.7 Å². The van der Waals surface area contributed by atoms with E-state index < -0.39 is 66.0 Å². The van der Waals surface area contributed by atoms with Gasteiger partial charge in [0.2, 0.25) is 5.91 Å². The standard InChI is InChI=1S/C34H40N8O9/c1-34(2,3)51-33(48)42(30(45)21(35)14-19-10-12-20(49-4)13-11-19)24-25(43)31(41-17-39-23-27(36)37-16-38-28(23)41)50-26(24)29(44)40-22(32(46)47)15-18-8-6-5-7-9-18/h5-13,16-17,21-22,24-26,31,43H,14-15,35H2,1-4H3,(H,40,44)(H,46,47)(H2,36,37,38)/t21-,22?,24-,25+,26-,31+/m0/s1. The van der Waals surface area contributed by atoms with Gasteiger partial charge in [-0.3, -0.25) is 14.2 Å². The van der Waals surface area contributed by atoms with Crippen molar-refractivity contribution in [1.29, 1.82) is 0 Å². The van der Waals surface area contributed by atoms with Crippen molar-refractivity contribution in [2.45, 2.75) is 75.8 Å². The average molecular weight is 705 g/mol. The molecule has 17 heteroatoms. The highest BCUT2D eigenvalue weighted by atomic mass is 16.6. The van der Waals surface area contributed by atoms with Gasteiger partial charge in [0.25, 0.3) is 5.91 Å². The van der Waals surface area contributed by atoms with Crippen LogP contribution in [0.25, 0.3) is 11.2 Å². The Morgan fingerprint density at radius 2 is 1.69 bits per heavy atom. The van der Waals surface area contributed by atoms with E-state index >= 15 is 0 Å². The van der Waals surface area contributed by atoms with Gasteiger partial charge in [-0.1, -0.05) is 42.5 Å². The second-order valence-corrected chi connectivity index (χ2v) is 12.9. The van der Waals surface area contributed by atoms with Gasteiger partial charge in [0.05, 0.1) is 19.5 Å². The third-order valence-corrected chi connectivity index (χ3v) is 8.11. The average Bonchev–Trinajstić information content (AvgIpc) is 3.66. The summed E-state index contributed by atoms with van der Waals surface area (Å²) in [6, 6.07) is 10.7. The highest BCUT2D eigenvalue weighted by molar-refractivity contribution is 5.97. The summed E-state index contributed by atoms with van der Waals surface area (Å²) in [6.45, 7) is 4.71. The maximum atomic E-state index is 14.2. The molecule has 1 aliphatic heterocycles. The lowest BCUT2D eigenvalue weighted by molar-refractivity contribution is -0.147. The number of imide groups is 1. The number of carboxylic acids is 1. The Labute approximate surface area is 292 Å².